The zero-order valence-electron chi connectivity index (χ0n) is 7.26. The fraction of sp³-hybridized carbons (Fsp3) is 0.250. The third-order valence-electron chi connectivity index (χ3n) is 1.50. The van der Waals surface area contributed by atoms with Crippen LogP contribution in [0.3, 0.4) is 0 Å². The summed E-state index contributed by atoms with van der Waals surface area (Å²) in [7, 11) is -1.30. The summed E-state index contributed by atoms with van der Waals surface area (Å²) < 4.78 is 24.1. The summed E-state index contributed by atoms with van der Waals surface area (Å²) in [5.41, 5.74) is 7.99. The first-order chi connectivity index (χ1) is 6.74. The number of hydrogen-bond acceptors (Lipinski definition) is 2. The Hall–Kier alpha value is -1.39. The molecule has 1 rings (SSSR count). The second-order valence-corrected chi connectivity index (χ2v) is 4.03. The second-order valence-electron chi connectivity index (χ2n) is 2.46. The zero-order chi connectivity index (χ0) is 10.4. The molecule has 0 aliphatic carbocycles. The van der Waals surface area contributed by atoms with Crippen LogP contribution in [0.25, 0.3) is 10.4 Å². The van der Waals surface area contributed by atoms with E-state index in [9.17, 15) is 8.60 Å². The van der Waals surface area contributed by atoms with Gasteiger partial charge in [0.05, 0.1) is 10.8 Å². The van der Waals surface area contributed by atoms with Crippen molar-refractivity contribution in [3.05, 3.63) is 40.5 Å². The molecule has 0 saturated carbocycles. The largest absolute Gasteiger partial charge is 0.254 e. The van der Waals surface area contributed by atoms with E-state index in [0.717, 1.165) is 0 Å². The summed E-state index contributed by atoms with van der Waals surface area (Å²) in [6, 6.07) is 5.58. The molecule has 1 aromatic carbocycles. The van der Waals surface area contributed by atoms with Crippen LogP contribution in [-0.2, 0) is 10.8 Å². The van der Waals surface area contributed by atoms with E-state index in [-0.39, 0.29) is 12.3 Å². The average Bonchev–Trinajstić information content (AvgIpc) is 2.18. The molecule has 0 heterocycles. The van der Waals surface area contributed by atoms with Crippen molar-refractivity contribution in [1.29, 1.82) is 0 Å². The van der Waals surface area contributed by atoms with Gasteiger partial charge in [-0.25, -0.2) is 4.39 Å². The van der Waals surface area contributed by atoms with E-state index >= 15 is 0 Å². The molecule has 0 aliphatic heterocycles. The van der Waals surface area contributed by atoms with Gasteiger partial charge in [-0.3, -0.25) is 4.21 Å². The van der Waals surface area contributed by atoms with Gasteiger partial charge in [0, 0.05) is 22.1 Å². The van der Waals surface area contributed by atoms with Crippen molar-refractivity contribution >= 4 is 10.8 Å². The standard InChI is InChI=1S/C8H8FN3OS/c9-7-2-1-3-8(6-7)14(13)5-4-11-12-10/h1-3,6H,4-5H2. The number of benzene rings is 1. The van der Waals surface area contributed by atoms with Gasteiger partial charge in [0.15, 0.2) is 0 Å². The highest BCUT2D eigenvalue weighted by Crippen LogP contribution is 2.08. The molecular weight excluding hydrogens is 205 g/mol. The van der Waals surface area contributed by atoms with Gasteiger partial charge in [-0.05, 0) is 23.7 Å². The topological polar surface area (TPSA) is 65.8 Å². The third kappa shape index (κ3) is 3.16. The van der Waals surface area contributed by atoms with E-state index in [2.05, 4.69) is 10.0 Å². The Morgan fingerprint density at radius 2 is 2.36 bits per heavy atom. The molecule has 0 bridgehead atoms. The van der Waals surface area contributed by atoms with E-state index in [1.807, 2.05) is 0 Å². The van der Waals surface area contributed by atoms with Gasteiger partial charge in [0.2, 0.25) is 0 Å². The molecule has 0 fully saturated rings. The summed E-state index contributed by atoms with van der Waals surface area (Å²) in [4.78, 5) is 2.95. The number of rotatable bonds is 4. The van der Waals surface area contributed by atoms with Crippen molar-refractivity contribution in [1.82, 2.24) is 0 Å². The molecule has 0 N–H and O–H groups in total. The van der Waals surface area contributed by atoms with Crippen molar-refractivity contribution in [2.24, 2.45) is 5.11 Å². The van der Waals surface area contributed by atoms with Gasteiger partial charge in [0.25, 0.3) is 0 Å². The Morgan fingerprint density at radius 1 is 1.57 bits per heavy atom. The third-order valence-corrected chi connectivity index (χ3v) is 2.83. The molecule has 1 aromatic rings. The van der Waals surface area contributed by atoms with Crippen LogP contribution in [0.4, 0.5) is 4.39 Å². The van der Waals surface area contributed by atoms with Crippen LogP contribution in [0.2, 0.25) is 0 Å². The lowest BCUT2D eigenvalue weighted by Crippen LogP contribution is -2.00. The summed E-state index contributed by atoms with van der Waals surface area (Å²) in [5.74, 6) is -0.201. The molecule has 14 heavy (non-hydrogen) atoms. The summed E-state index contributed by atoms with van der Waals surface area (Å²) in [6.45, 7) is 0.152. The first-order valence-corrected chi connectivity index (χ1v) is 5.20. The highest BCUT2D eigenvalue weighted by molar-refractivity contribution is 7.85. The molecule has 0 amide bonds. The van der Waals surface area contributed by atoms with Gasteiger partial charge in [-0.1, -0.05) is 11.2 Å². The normalized spacial score (nSPS) is 11.8. The van der Waals surface area contributed by atoms with Crippen LogP contribution in [0.1, 0.15) is 0 Å². The first kappa shape index (κ1) is 10.7. The lowest BCUT2D eigenvalue weighted by atomic mass is 10.4. The lowest BCUT2D eigenvalue weighted by Gasteiger charge is -1.99. The minimum Gasteiger partial charge on any atom is -0.254 e. The molecule has 0 aliphatic rings. The Balaban J connectivity index is 2.65. The molecule has 1 atom stereocenters. The number of azide groups is 1. The van der Waals surface area contributed by atoms with Crippen molar-refractivity contribution in [2.75, 3.05) is 12.3 Å². The first-order valence-electron chi connectivity index (χ1n) is 3.89. The van der Waals surface area contributed by atoms with Crippen molar-refractivity contribution in [3.63, 3.8) is 0 Å². The smallest absolute Gasteiger partial charge is 0.124 e. The van der Waals surface area contributed by atoms with Crippen LogP contribution in [0, 0.1) is 5.82 Å². The molecular formula is C8H8FN3OS. The molecule has 1 unspecified atom stereocenters. The maximum Gasteiger partial charge on any atom is 0.124 e. The maximum atomic E-state index is 12.7. The molecule has 6 heteroatoms. The van der Waals surface area contributed by atoms with E-state index in [1.54, 1.807) is 6.07 Å². The zero-order valence-corrected chi connectivity index (χ0v) is 8.08. The van der Waals surface area contributed by atoms with Gasteiger partial charge < -0.3 is 0 Å². The van der Waals surface area contributed by atoms with Crippen molar-refractivity contribution < 1.29 is 8.60 Å². The molecule has 4 nitrogen and oxygen atoms in total. The molecule has 74 valence electrons. The molecule has 0 aromatic heterocycles. The van der Waals surface area contributed by atoms with Crippen LogP contribution < -0.4 is 0 Å². The molecule has 0 radical (unpaired) electrons. The van der Waals surface area contributed by atoms with Crippen LogP contribution in [0.15, 0.2) is 34.3 Å². The predicted molar refractivity (Wildman–Crippen MR) is 51.7 cm³/mol. The predicted octanol–water partition coefficient (Wildman–Crippen LogP) is 2.24. The average molecular weight is 213 g/mol. The van der Waals surface area contributed by atoms with Crippen molar-refractivity contribution in [2.45, 2.75) is 4.90 Å². The minimum absolute atomic E-state index is 0.152. The summed E-state index contributed by atoms with van der Waals surface area (Å²) in [6.07, 6.45) is 0. The van der Waals surface area contributed by atoms with E-state index in [1.165, 1.54) is 18.2 Å². The second kappa shape index (κ2) is 5.36. The van der Waals surface area contributed by atoms with Gasteiger partial charge in [-0.2, -0.15) is 0 Å². The Labute approximate surface area is 82.8 Å². The SMILES string of the molecule is [N-]=[N+]=NCCS(=O)c1cccc(F)c1. The number of halogens is 1. The van der Waals surface area contributed by atoms with E-state index < -0.39 is 16.6 Å². The fourth-order valence-electron chi connectivity index (χ4n) is 0.895. The monoisotopic (exact) mass is 213 g/mol. The highest BCUT2D eigenvalue weighted by atomic mass is 32.2. The molecule has 0 spiro atoms. The number of nitrogens with zero attached hydrogens (tertiary/aromatic N) is 3. The van der Waals surface area contributed by atoms with E-state index in [0.29, 0.717) is 4.90 Å². The Morgan fingerprint density at radius 3 is 3.00 bits per heavy atom. The fourth-order valence-corrected chi connectivity index (χ4v) is 1.85. The lowest BCUT2D eigenvalue weighted by molar-refractivity contribution is 0.622. The van der Waals surface area contributed by atoms with Crippen LogP contribution >= 0.6 is 0 Å². The van der Waals surface area contributed by atoms with Gasteiger partial charge in [0.1, 0.15) is 5.82 Å². The van der Waals surface area contributed by atoms with E-state index in [4.69, 9.17) is 5.53 Å². The van der Waals surface area contributed by atoms with Gasteiger partial charge in [-0.15, -0.1) is 0 Å². The Kier molecular flexibility index (Phi) is 4.10. The van der Waals surface area contributed by atoms with Crippen LogP contribution in [0.5, 0.6) is 0 Å². The van der Waals surface area contributed by atoms with Crippen molar-refractivity contribution in [3.8, 4) is 0 Å². The molecule has 0 saturated heterocycles. The summed E-state index contributed by atoms with van der Waals surface area (Å²) >= 11 is 0. The van der Waals surface area contributed by atoms with Gasteiger partial charge >= 0.3 is 0 Å². The highest BCUT2D eigenvalue weighted by Gasteiger charge is 2.03. The quantitative estimate of drug-likeness (QED) is 0.429. The van der Waals surface area contributed by atoms with Crippen LogP contribution in [-0.4, -0.2) is 16.5 Å². The number of hydrogen-bond donors (Lipinski definition) is 0. The maximum absolute atomic E-state index is 12.7. The Bertz CT molecular complexity index is 390. The summed E-state index contributed by atoms with van der Waals surface area (Å²) in [5, 5.41) is 3.25. The minimum atomic E-state index is -1.30.